The molecule has 1 saturated heterocycles. The Bertz CT molecular complexity index is 1190. The highest BCUT2D eigenvalue weighted by atomic mass is 79.9. The van der Waals surface area contributed by atoms with Crippen LogP contribution in [-0.2, 0) is 11.4 Å². The molecule has 1 atom stereocenters. The summed E-state index contributed by atoms with van der Waals surface area (Å²) in [7, 11) is 0. The molecule has 158 valence electrons. The molecule has 1 aliphatic heterocycles. The lowest BCUT2D eigenvalue weighted by Crippen LogP contribution is -2.36. The zero-order valence-corrected chi connectivity index (χ0v) is 19.7. The van der Waals surface area contributed by atoms with Crippen molar-refractivity contribution in [2.45, 2.75) is 32.9 Å². The van der Waals surface area contributed by atoms with Crippen LogP contribution in [0.1, 0.15) is 31.4 Å². The summed E-state index contributed by atoms with van der Waals surface area (Å²) in [5.74, 6) is 0.495. The summed E-state index contributed by atoms with van der Waals surface area (Å²) in [6, 6.07) is 20.0. The van der Waals surface area contributed by atoms with Crippen molar-refractivity contribution in [1.29, 1.82) is 0 Å². The lowest BCUT2D eigenvalue weighted by Gasteiger charge is -2.19. The molecule has 4 nitrogen and oxygen atoms in total. The molecule has 1 heterocycles. The predicted octanol–water partition coefficient (Wildman–Crippen LogP) is 7.02. The van der Waals surface area contributed by atoms with Crippen molar-refractivity contribution in [3.8, 4) is 5.75 Å². The molecule has 0 aromatic heterocycles. The van der Waals surface area contributed by atoms with Crippen LogP contribution in [0.5, 0.6) is 5.75 Å². The Morgan fingerprint density at radius 2 is 1.87 bits per heavy atom. The molecular formula is C25H22BrNO3S. The third kappa shape index (κ3) is 4.55. The summed E-state index contributed by atoms with van der Waals surface area (Å²) in [6.07, 6.45) is 2.49. The van der Waals surface area contributed by atoms with Crippen LogP contribution >= 0.6 is 27.7 Å². The third-order valence-corrected chi connectivity index (χ3v) is 6.88. The third-order valence-electron chi connectivity index (χ3n) is 5.37. The molecule has 1 aliphatic rings. The van der Waals surface area contributed by atoms with Crippen LogP contribution in [0.15, 0.2) is 70.0 Å². The summed E-state index contributed by atoms with van der Waals surface area (Å²) in [6.45, 7) is 4.30. The molecule has 0 spiro atoms. The van der Waals surface area contributed by atoms with E-state index in [1.807, 2.05) is 50.2 Å². The maximum absolute atomic E-state index is 12.6. The monoisotopic (exact) mass is 495 g/mol. The first-order valence-corrected chi connectivity index (χ1v) is 11.7. The van der Waals surface area contributed by atoms with Crippen LogP contribution in [0, 0.1) is 0 Å². The van der Waals surface area contributed by atoms with E-state index in [4.69, 9.17) is 4.74 Å². The average Bonchev–Trinajstić information content (AvgIpc) is 3.05. The number of imide groups is 1. The molecule has 2 amide bonds. The number of rotatable bonds is 6. The fourth-order valence-electron chi connectivity index (χ4n) is 3.49. The standard InChI is InChI=1S/C25H22BrNO3S/c1-3-16(2)27-24(28)23(31-25(27)29)14-17-11-12-22(21(26)13-17)30-15-19-9-6-8-18-7-4-5-10-20(18)19/h4-14,16H,3,15H2,1-2H3/b23-14+/t16-/m0/s1. The number of hydrogen-bond donors (Lipinski definition) is 0. The molecule has 4 rings (SSSR count). The minimum atomic E-state index is -0.225. The van der Waals surface area contributed by atoms with E-state index < -0.39 is 0 Å². The SMILES string of the molecule is CC[C@H](C)N1C(=O)S/C(=C/c2ccc(OCc3cccc4ccccc34)c(Br)c2)C1=O. The molecule has 0 N–H and O–H groups in total. The number of hydrogen-bond acceptors (Lipinski definition) is 4. The van der Waals surface area contributed by atoms with Gasteiger partial charge in [-0.05, 0) is 81.1 Å². The molecule has 0 bridgehead atoms. The van der Waals surface area contributed by atoms with Gasteiger partial charge in [0.1, 0.15) is 12.4 Å². The maximum atomic E-state index is 12.6. The highest BCUT2D eigenvalue weighted by molar-refractivity contribution is 9.10. The molecule has 0 radical (unpaired) electrons. The van der Waals surface area contributed by atoms with Crippen molar-refractivity contribution < 1.29 is 14.3 Å². The molecule has 3 aromatic carbocycles. The van der Waals surface area contributed by atoms with Gasteiger partial charge < -0.3 is 4.74 Å². The van der Waals surface area contributed by atoms with E-state index >= 15 is 0 Å². The first-order valence-electron chi connectivity index (χ1n) is 10.1. The number of nitrogens with zero attached hydrogens (tertiary/aromatic N) is 1. The number of halogens is 1. The smallest absolute Gasteiger partial charge is 0.293 e. The fraction of sp³-hybridized carbons (Fsp3) is 0.200. The van der Waals surface area contributed by atoms with Gasteiger partial charge in [-0.25, -0.2) is 0 Å². The number of benzene rings is 3. The largest absolute Gasteiger partial charge is 0.488 e. The Balaban J connectivity index is 1.50. The van der Waals surface area contributed by atoms with Gasteiger partial charge in [0, 0.05) is 6.04 Å². The van der Waals surface area contributed by atoms with Crippen LogP contribution in [0.2, 0.25) is 0 Å². The highest BCUT2D eigenvalue weighted by Crippen LogP contribution is 2.35. The summed E-state index contributed by atoms with van der Waals surface area (Å²) in [4.78, 5) is 26.6. The number of carbonyl (C=O) groups excluding carboxylic acids is 2. The van der Waals surface area contributed by atoms with Crippen LogP contribution in [-0.4, -0.2) is 22.1 Å². The zero-order valence-electron chi connectivity index (χ0n) is 17.3. The van der Waals surface area contributed by atoms with Gasteiger partial charge in [0.2, 0.25) is 0 Å². The second kappa shape index (κ2) is 9.28. The Hall–Kier alpha value is -2.57. The van der Waals surface area contributed by atoms with Crippen LogP contribution in [0.3, 0.4) is 0 Å². The molecule has 3 aromatic rings. The van der Waals surface area contributed by atoms with E-state index in [1.54, 1.807) is 6.08 Å². The summed E-state index contributed by atoms with van der Waals surface area (Å²) >= 11 is 4.56. The molecule has 31 heavy (non-hydrogen) atoms. The van der Waals surface area contributed by atoms with Crippen molar-refractivity contribution in [3.05, 3.63) is 81.2 Å². The second-order valence-electron chi connectivity index (χ2n) is 7.43. The van der Waals surface area contributed by atoms with Crippen molar-refractivity contribution >= 4 is 55.7 Å². The van der Waals surface area contributed by atoms with E-state index in [1.165, 1.54) is 15.7 Å². The van der Waals surface area contributed by atoms with Gasteiger partial charge in [-0.15, -0.1) is 0 Å². The number of fused-ring (bicyclic) bond motifs is 1. The quantitative estimate of drug-likeness (QED) is 0.344. The number of amides is 2. The van der Waals surface area contributed by atoms with Gasteiger partial charge >= 0.3 is 0 Å². The van der Waals surface area contributed by atoms with Gasteiger partial charge in [-0.1, -0.05) is 55.5 Å². The van der Waals surface area contributed by atoms with E-state index in [0.29, 0.717) is 11.5 Å². The van der Waals surface area contributed by atoms with Crippen molar-refractivity contribution in [1.82, 2.24) is 4.90 Å². The topological polar surface area (TPSA) is 46.6 Å². The fourth-order valence-corrected chi connectivity index (χ4v) is 4.93. The highest BCUT2D eigenvalue weighted by Gasteiger charge is 2.37. The Labute approximate surface area is 194 Å². The van der Waals surface area contributed by atoms with E-state index in [2.05, 4.69) is 40.2 Å². The Kier molecular flexibility index (Phi) is 6.49. The molecule has 0 saturated carbocycles. The summed E-state index contributed by atoms with van der Waals surface area (Å²) in [5, 5.41) is 2.15. The summed E-state index contributed by atoms with van der Waals surface area (Å²) < 4.78 is 6.85. The minimum absolute atomic E-state index is 0.102. The van der Waals surface area contributed by atoms with E-state index in [0.717, 1.165) is 39.5 Å². The van der Waals surface area contributed by atoms with Crippen LogP contribution in [0.25, 0.3) is 16.8 Å². The number of carbonyl (C=O) groups is 2. The lowest BCUT2D eigenvalue weighted by atomic mass is 10.1. The molecule has 0 unspecified atom stereocenters. The lowest BCUT2D eigenvalue weighted by molar-refractivity contribution is -0.124. The predicted molar refractivity (Wildman–Crippen MR) is 130 cm³/mol. The molecule has 0 aliphatic carbocycles. The van der Waals surface area contributed by atoms with Gasteiger partial charge in [0.05, 0.1) is 9.38 Å². The zero-order chi connectivity index (χ0) is 22.0. The van der Waals surface area contributed by atoms with E-state index in [9.17, 15) is 9.59 Å². The van der Waals surface area contributed by atoms with Gasteiger partial charge in [-0.3, -0.25) is 14.5 Å². The normalized spacial score (nSPS) is 16.4. The number of thioether (sulfide) groups is 1. The van der Waals surface area contributed by atoms with E-state index in [-0.39, 0.29) is 17.2 Å². The van der Waals surface area contributed by atoms with Crippen LogP contribution < -0.4 is 4.74 Å². The molecular weight excluding hydrogens is 474 g/mol. The van der Waals surface area contributed by atoms with Gasteiger partial charge in [0.15, 0.2) is 0 Å². The van der Waals surface area contributed by atoms with Crippen molar-refractivity contribution in [2.24, 2.45) is 0 Å². The number of ether oxygens (including phenoxy) is 1. The first kappa shape index (κ1) is 21.7. The maximum Gasteiger partial charge on any atom is 0.293 e. The Morgan fingerprint density at radius 1 is 1.10 bits per heavy atom. The molecule has 1 fully saturated rings. The minimum Gasteiger partial charge on any atom is -0.488 e. The average molecular weight is 496 g/mol. The Morgan fingerprint density at radius 3 is 2.65 bits per heavy atom. The van der Waals surface area contributed by atoms with Crippen molar-refractivity contribution in [3.63, 3.8) is 0 Å². The summed E-state index contributed by atoms with van der Waals surface area (Å²) in [5.41, 5.74) is 1.95. The van der Waals surface area contributed by atoms with Gasteiger partial charge in [-0.2, -0.15) is 0 Å². The van der Waals surface area contributed by atoms with Crippen LogP contribution in [0.4, 0.5) is 4.79 Å². The first-order chi connectivity index (χ1) is 15.0. The molecule has 6 heteroatoms. The van der Waals surface area contributed by atoms with Crippen molar-refractivity contribution in [2.75, 3.05) is 0 Å². The van der Waals surface area contributed by atoms with Gasteiger partial charge in [0.25, 0.3) is 11.1 Å². The second-order valence-corrected chi connectivity index (χ2v) is 9.27.